The summed E-state index contributed by atoms with van der Waals surface area (Å²) in [5, 5.41) is 22.7. The standard InChI is InChI=1S/C12H15BrN2O4/c13-8-1-3-9(4-2-8)15-12(19)10(7-11(17)18)14-5-6-16/h1-4,10,14,16H,5-7H2,(H,15,19)(H,17,18). The molecular formula is C12H15BrN2O4. The molecule has 0 spiro atoms. The summed E-state index contributed by atoms with van der Waals surface area (Å²) in [5.41, 5.74) is 0.578. The number of hydrogen-bond donors (Lipinski definition) is 4. The Labute approximate surface area is 118 Å². The van der Waals surface area contributed by atoms with Gasteiger partial charge in [0.25, 0.3) is 0 Å². The van der Waals surface area contributed by atoms with Crippen molar-refractivity contribution in [1.82, 2.24) is 5.32 Å². The highest BCUT2D eigenvalue weighted by molar-refractivity contribution is 9.10. The fourth-order valence-electron chi connectivity index (χ4n) is 1.43. The highest BCUT2D eigenvalue weighted by atomic mass is 79.9. The molecule has 0 aliphatic heterocycles. The van der Waals surface area contributed by atoms with Gasteiger partial charge in [-0.05, 0) is 24.3 Å². The number of carboxylic acid groups (broad SMARTS) is 1. The molecule has 7 heteroatoms. The largest absolute Gasteiger partial charge is 0.481 e. The van der Waals surface area contributed by atoms with Crippen molar-refractivity contribution in [2.45, 2.75) is 12.5 Å². The third kappa shape index (κ3) is 5.82. The molecule has 6 nitrogen and oxygen atoms in total. The molecular weight excluding hydrogens is 316 g/mol. The number of aliphatic hydroxyl groups is 1. The second-order valence-electron chi connectivity index (χ2n) is 3.82. The third-order valence-electron chi connectivity index (χ3n) is 2.31. The second-order valence-corrected chi connectivity index (χ2v) is 4.74. The molecule has 1 rings (SSSR count). The molecule has 0 saturated carbocycles. The van der Waals surface area contributed by atoms with Crippen LogP contribution in [0.4, 0.5) is 5.69 Å². The number of rotatable bonds is 7. The topological polar surface area (TPSA) is 98.7 Å². The minimum absolute atomic E-state index is 0.158. The number of halogens is 1. The van der Waals surface area contributed by atoms with E-state index in [2.05, 4.69) is 26.6 Å². The molecule has 0 saturated heterocycles. The quantitative estimate of drug-likeness (QED) is 0.593. The number of anilines is 1. The SMILES string of the molecule is O=C(O)CC(NCCO)C(=O)Nc1ccc(Br)cc1. The predicted molar refractivity (Wildman–Crippen MR) is 73.9 cm³/mol. The molecule has 1 unspecified atom stereocenters. The zero-order chi connectivity index (χ0) is 14.3. The van der Waals surface area contributed by atoms with E-state index in [1.54, 1.807) is 24.3 Å². The van der Waals surface area contributed by atoms with E-state index < -0.39 is 17.9 Å². The smallest absolute Gasteiger partial charge is 0.305 e. The highest BCUT2D eigenvalue weighted by Gasteiger charge is 2.20. The van der Waals surface area contributed by atoms with Gasteiger partial charge in [-0.2, -0.15) is 0 Å². The lowest BCUT2D eigenvalue weighted by atomic mass is 10.2. The Morgan fingerprint density at radius 3 is 2.42 bits per heavy atom. The average molecular weight is 331 g/mol. The molecule has 1 amide bonds. The minimum Gasteiger partial charge on any atom is -0.481 e. The van der Waals surface area contributed by atoms with Gasteiger partial charge in [-0.25, -0.2) is 0 Å². The molecule has 0 radical (unpaired) electrons. The van der Waals surface area contributed by atoms with E-state index in [1.165, 1.54) is 0 Å². The van der Waals surface area contributed by atoms with Crippen molar-refractivity contribution in [2.75, 3.05) is 18.5 Å². The molecule has 0 heterocycles. The number of benzene rings is 1. The fourth-order valence-corrected chi connectivity index (χ4v) is 1.70. The van der Waals surface area contributed by atoms with Gasteiger partial charge in [-0.3, -0.25) is 9.59 Å². The first kappa shape index (κ1) is 15.6. The van der Waals surface area contributed by atoms with Crippen LogP contribution < -0.4 is 10.6 Å². The van der Waals surface area contributed by atoms with Crippen molar-refractivity contribution in [3.63, 3.8) is 0 Å². The molecule has 0 bridgehead atoms. The van der Waals surface area contributed by atoms with E-state index in [0.717, 1.165) is 4.47 Å². The van der Waals surface area contributed by atoms with E-state index in [-0.39, 0.29) is 19.6 Å². The van der Waals surface area contributed by atoms with Gasteiger partial charge in [-0.15, -0.1) is 0 Å². The number of carboxylic acids is 1. The summed E-state index contributed by atoms with van der Waals surface area (Å²) in [6.45, 7) is -0.00656. The predicted octanol–water partition coefficient (Wildman–Crippen LogP) is 0.813. The molecule has 1 aromatic carbocycles. The maximum atomic E-state index is 11.9. The van der Waals surface area contributed by atoms with Crippen molar-refractivity contribution in [3.05, 3.63) is 28.7 Å². The van der Waals surface area contributed by atoms with Gasteiger partial charge >= 0.3 is 5.97 Å². The van der Waals surface area contributed by atoms with Crippen molar-refractivity contribution < 1.29 is 19.8 Å². The molecule has 4 N–H and O–H groups in total. The van der Waals surface area contributed by atoms with Crippen LogP contribution in [-0.4, -0.2) is 41.3 Å². The summed E-state index contributed by atoms with van der Waals surface area (Å²) >= 11 is 3.28. The lowest BCUT2D eigenvalue weighted by Gasteiger charge is -2.16. The summed E-state index contributed by atoms with van der Waals surface area (Å²) in [7, 11) is 0. The highest BCUT2D eigenvalue weighted by Crippen LogP contribution is 2.14. The molecule has 19 heavy (non-hydrogen) atoms. The maximum Gasteiger partial charge on any atom is 0.305 e. The van der Waals surface area contributed by atoms with Gasteiger partial charge in [0.05, 0.1) is 19.1 Å². The fraction of sp³-hybridized carbons (Fsp3) is 0.333. The maximum absolute atomic E-state index is 11.9. The first-order chi connectivity index (χ1) is 9.02. The Morgan fingerprint density at radius 2 is 1.89 bits per heavy atom. The number of nitrogens with one attached hydrogen (secondary N) is 2. The van der Waals surface area contributed by atoms with E-state index in [4.69, 9.17) is 10.2 Å². The van der Waals surface area contributed by atoms with Gasteiger partial charge < -0.3 is 20.8 Å². The Bertz CT molecular complexity index is 436. The molecule has 104 valence electrons. The second kappa shape index (κ2) is 7.88. The molecule has 1 aromatic rings. The summed E-state index contributed by atoms with van der Waals surface area (Å²) in [5.74, 6) is -1.53. The van der Waals surface area contributed by atoms with Crippen molar-refractivity contribution in [2.24, 2.45) is 0 Å². The van der Waals surface area contributed by atoms with E-state index in [1.807, 2.05) is 0 Å². The number of aliphatic hydroxyl groups excluding tert-OH is 1. The number of amides is 1. The molecule has 0 aliphatic rings. The zero-order valence-corrected chi connectivity index (χ0v) is 11.7. The molecule has 1 atom stereocenters. The van der Waals surface area contributed by atoms with Crippen LogP contribution in [0.2, 0.25) is 0 Å². The van der Waals surface area contributed by atoms with Crippen molar-refractivity contribution in [3.8, 4) is 0 Å². The number of carbonyl (C=O) groups is 2. The summed E-state index contributed by atoms with van der Waals surface area (Å²) in [4.78, 5) is 22.6. The Morgan fingerprint density at radius 1 is 1.26 bits per heavy atom. The Balaban J connectivity index is 2.64. The van der Waals surface area contributed by atoms with E-state index in [9.17, 15) is 9.59 Å². The van der Waals surface area contributed by atoms with Crippen LogP contribution in [0.25, 0.3) is 0 Å². The van der Waals surface area contributed by atoms with Crippen LogP contribution in [0.1, 0.15) is 6.42 Å². The van der Waals surface area contributed by atoms with Gasteiger partial charge in [-0.1, -0.05) is 15.9 Å². The number of carbonyl (C=O) groups excluding carboxylic acids is 1. The molecule has 0 aliphatic carbocycles. The van der Waals surface area contributed by atoms with E-state index in [0.29, 0.717) is 5.69 Å². The van der Waals surface area contributed by atoms with Crippen LogP contribution in [0.15, 0.2) is 28.7 Å². The van der Waals surface area contributed by atoms with Gasteiger partial charge in [0, 0.05) is 16.7 Å². The summed E-state index contributed by atoms with van der Waals surface area (Å²) < 4.78 is 0.881. The van der Waals surface area contributed by atoms with Crippen LogP contribution in [-0.2, 0) is 9.59 Å². The van der Waals surface area contributed by atoms with Crippen LogP contribution in [0.3, 0.4) is 0 Å². The van der Waals surface area contributed by atoms with Crippen LogP contribution in [0.5, 0.6) is 0 Å². The molecule has 0 aromatic heterocycles. The Hall–Kier alpha value is -1.44. The normalized spacial score (nSPS) is 11.9. The minimum atomic E-state index is -1.08. The monoisotopic (exact) mass is 330 g/mol. The van der Waals surface area contributed by atoms with Gasteiger partial charge in [0.2, 0.25) is 5.91 Å². The van der Waals surface area contributed by atoms with E-state index >= 15 is 0 Å². The summed E-state index contributed by atoms with van der Waals surface area (Å²) in [6, 6.07) is 6.05. The van der Waals surface area contributed by atoms with Crippen molar-refractivity contribution >= 4 is 33.5 Å². The van der Waals surface area contributed by atoms with Gasteiger partial charge in [0.1, 0.15) is 0 Å². The zero-order valence-electron chi connectivity index (χ0n) is 10.1. The number of hydrogen-bond acceptors (Lipinski definition) is 4. The lowest BCUT2D eigenvalue weighted by Crippen LogP contribution is -2.43. The van der Waals surface area contributed by atoms with Gasteiger partial charge in [0.15, 0.2) is 0 Å². The first-order valence-electron chi connectivity index (χ1n) is 5.65. The molecule has 0 fully saturated rings. The van der Waals surface area contributed by atoms with Crippen molar-refractivity contribution in [1.29, 1.82) is 0 Å². The average Bonchev–Trinajstić information content (AvgIpc) is 2.36. The third-order valence-corrected chi connectivity index (χ3v) is 2.84. The Kier molecular flexibility index (Phi) is 6.48. The van der Waals surface area contributed by atoms with Crippen LogP contribution in [0, 0.1) is 0 Å². The first-order valence-corrected chi connectivity index (χ1v) is 6.44. The number of aliphatic carboxylic acids is 1. The lowest BCUT2D eigenvalue weighted by molar-refractivity contribution is -0.139. The van der Waals surface area contributed by atoms with Crippen LogP contribution >= 0.6 is 15.9 Å². The summed E-state index contributed by atoms with van der Waals surface area (Å²) in [6.07, 6.45) is -0.345.